The summed E-state index contributed by atoms with van der Waals surface area (Å²) in [5, 5.41) is 25.9. The topological polar surface area (TPSA) is 93.5 Å². The first-order chi connectivity index (χ1) is 10.2. The van der Waals surface area contributed by atoms with Crippen LogP contribution < -0.4 is 15.5 Å². The maximum Gasteiger partial charge on any atom is 0.134 e. The van der Waals surface area contributed by atoms with Gasteiger partial charge in [-0.2, -0.15) is 0 Å². The van der Waals surface area contributed by atoms with Gasteiger partial charge in [-0.25, -0.2) is 9.97 Å². The highest BCUT2D eigenvalue weighted by Crippen LogP contribution is 2.34. The summed E-state index contributed by atoms with van der Waals surface area (Å²) >= 11 is 0. The number of hydrogen-bond acceptors (Lipinski definition) is 7. The second-order valence-electron chi connectivity index (χ2n) is 5.86. The van der Waals surface area contributed by atoms with E-state index in [2.05, 4.69) is 25.5 Å². The highest BCUT2D eigenvalue weighted by Gasteiger charge is 2.43. The first-order valence-electron chi connectivity index (χ1n) is 7.56. The number of aliphatic hydroxyl groups excluding tert-OH is 1. The van der Waals surface area contributed by atoms with Crippen molar-refractivity contribution in [1.82, 2.24) is 15.3 Å². The minimum absolute atomic E-state index is 0.0732. The lowest BCUT2D eigenvalue weighted by Crippen LogP contribution is -2.59. The van der Waals surface area contributed by atoms with Gasteiger partial charge in [0.15, 0.2) is 0 Å². The van der Waals surface area contributed by atoms with E-state index in [9.17, 15) is 5.11 Å². The van der Waals surface area contributed by atoms with Crippen LogP contribution in [-0.4, -0.2) is 65.1 Å². The Morgan fingerprint density at radius 2 is 2.33 bits per heavy atom. The Hall–Kier alpha value is -1.44. The number of hydrogen-bond donors (Lipinski definition) is 4. The van der Waals surface area contributed by atoms with Gasteiger partial charge in [0, 0.05) is 38.2 Å². The minimum Gasteiger partial charge on any atom is -0.395 e. The number of aromatic nitrogens is 2. The number of aliphatic hydroxyl groups is 2. The molecule has 1 aromatic rings. The van der Waals surface area contributed by atoms with E-state index in [0.717, 1.165) is 50.7 Å². The van der Waals surface area contributed by atoms with E-state index >= 15 is 0 Å². The molecule has 0 bridgehead atoms. The Morgan fingerprint density at radius 1 is 1.43 bits per heavy atom. The Bertz CT molecular complexity index is 486. The zero-order valence-corrected chi connectivity index (χ0v) is 12.1. The first-order valence-corrected chi connectivity index (χ1v) is 7.56. The molecule has 0 saturated carbocycles. The molecular weight excluding hydrogens is 270 g/mol. The van der Waals surface area contributed by atoms with Crippen LogP contribution in [0.3, 0.4) is 0 Å². The molecule has 116 valence electrons. The lowest BCUT2D eigenvalue weighted by Gasteiger charge is -2.47. The zero-order chi connectivity index (χ0) is 14.7. The molecule has 21 heavy (non-hydrogen) atoms. The summed E-state index contributed by atoms with van der Waals surface area (Å²) in [5.74, 6) is 1.83. The number of anilines is 2. The fourth-order valence-corrected chi connectivity index (χ4v) is 3.23. The summed E-state index contributed by atoms with van der Waals surface area (Å²) in [6.45, 7) is 3.92. The molecule has 0 aromatic carbocycles. The molecule has 7 heteroatoms. The molecule has 2 aliphatic rings. The molecule has 4 N–H and O–H groups in total. The van der Waals surface area contributed by atoms with Gasteiger partial charge in [0.05, 0.1) is 12.2 Å². The van der Waals surface area contributed by atoms with E-state index in [-0.39, 0.29) is 12.5 Å². The minimum atomic E-state index is -0.521. The summed E-state index contributed by atoms with van der Waals surface area (Å²) < 4.78 is 0. The number of rotatable bonds is 4. The van der Waals surface area contributed by atoms with E-state index in [0.29, 0.717) is 6.54 Å². The van der Waals surface area contributed by atoms with Crippen molar-refractivity contribution in [2.24, 2.45) is 5.92 Å². The van der Waals surface area contributed by atoms with Gasteiger partial charge in [-0.1, -0.05) is 0 Å². The monoisotopic (exact) mass is 293 g/mol. The maximum atomic E-state index is 10.7. The smallest absolute Gasteiger partial charge is 0.134 e. The largest absolute Gasteiger partial charge is 0.395 e. The molecule has 0 spiro atoms. The van der Waals surface area contributed by atoms with Gasteiger partial charge in [-0.05, 0) is 19.4 Å². The number of fused-ring (bicyclic) bond motifs is 1. The van der Waals surface area contributed by atoms with Gasteiger partial charge in [0.1, 0.15) is 18.0 Å². The van der Waals surface area contributed by atoms with E-state index < -0.39 is 5.60 Å². The fourth-order valence-electron chi connectivity index (χ4n) is 3.23. The van der Waals surface area contributed by atoms with Gasteiger partial charge in [-0.3, -0.25) is 0 Å². The Kier molecular flexibility index (Phi) is 4.23. The quantitative estimate of drug-likeness (QED) is 0.591. The molecular formula is C14H23N5O2. The SMILES string of the molecule is OCCNc1cc(N2CCC3(O)CCNCC3C2)ncn1. The highest BCUT2D eigenvalue weighted by atomic mass is 16.3. The third-order valence-electron chi connectivity index (χ3n) is 4.54. The molecule has 2 fully saturated rings. The summed E-state index contributed by atoms with van der Waals surface area (Å²) in [6, 6.07) is 1.90. The Morgan fingerprint density at radius 3 is 3.19 bits per heavy atom. The van der Waals surface area contributed by atoms with Crippen LogP contribution in [0.15, 0.2) is 12.4 Å². The van der Waals surface area contributed by atoms with Crippen LogP contribution in [0.25, 0.3) is 0 Å². The van der Waals surface area contributed by atoms with Crippen LogP contribution in [0.5, 0.6) is 0 Å². The van der Waals surface area contributed by atoms with Gasteiger partial charge in [0.2, 0.25) is 0 Å². The number of nitrogens with one attached hydrogen (secondary N) is 2. The Balaban J connectivity index is 1.70. The van der Waals surface area contributed by atoms with Crippen LogP contribution >= 0.6 is 0 Å². The van der Waals surface area contributed by atoms with E-state index in [1.54, 1.807) is 0 Å². The van der Waals surface area contributed by atoms with Crippen molar-refractivity contribution in [1.29, 1.82) is 0 Å². The van der Waals surface area contributed by atoms with Crippen LogP contribution in [0.1, 0.15) is 12.8 Å². The average Bonchev–Trinajstić information content (AvgIpc) is 2.52. The molecule has 0 amide bonds. The Labute approximate surface area is 124 Å². The number of piperidine rings is 2. The lowest BCUT2D eigenvalue weighted by molar-refractivity contribution is -0.0539. The van der Waals surface area contributed by atoms with Crippen LogP contribution in [0.2, 0.25) is 0 Å². The summed E-state index contributed by atoms with van der Waals surface area (Å²) in [5.41, 5.74) is -0.521. The van der Waals surface area contributed by atoms with Crippen molar-refractivity contribution in [3.63, 3.8) is 0 Å². The molecule has 1 aromatic heterocycles. The molecule has 3 rings (SSSR count). The molecule has 3 heterocycles. The van der Waals surface area contributed by atoms with Gasteiger partial charge >= 0.3 is 0 Å². The average molecular weight is 293 g/mol. The fraction of sp³-hybridized carbons (Fsp3) is 0.714. The molecule has 7 nitrogen and oxygen atoms in total. The van der Waals surface area contributed by atoms with Crippen LogP contribution in [0.4, 0.5) is 11.6 Å². The van der Waals surface area contributed by atoms with Crippen molar-refractivity contribution >= 4 is 11.6 Å². The molecule has 2 aliphatic heterocycles. The number of nitrogens with zero attached hydrogens (tertiary/aromatic N) is 3. The normalized spacial score (nSPS) is 29.0. The highest BCUT2D eigenvalue weighted by molar-refractivity contribution is 5.49. The summed E-state index contributed by atoms with van der Waals surface area (Å²) in [6.07, 6.45) is 3.15. The molecule has 2 unspecified atom stereocenters. The third kappa shape index (κ3) is 3.09. The first kappa shape index (κ1) is 14.5. The second kappa shape index (κ2) is 6.13. The standard InChI is InChI=1S/C14H23N5O2/c20-6-4-16-12-7-13(18-10-17-12)19-5-2-14(21)1-3-15-8-11(14)9-19/h7,10-11,15,20-21H,1-6,8-9H2,(H,16,17,18). The van der Waals surface area contributed by atoms with Gasteiger partial charge < -0.3 is 25.7 Å². The van der Waals surface area contributed by atoms with E-state index in [1.165, 1.54) is 6.33 Å². The van der Waals surface area contributed by atoms with Crippen molar-refractivity contribution < 1.29 is 10.2 Å². The van der Waals surface area contributed by atoms with Gasteiger partial charge in [0.25, 0.3) is 0 Å². The third-order valence-corrected chi connectivity index (χ3v) is 4.54. The second-order valence-corrected chi connectivity index (χ2v) is 5.86. The molecule has 0 aliphatic carbocycles. The van der Waals surface area contributed by atoms with Crippen molar-refractivity contribution in [3.05, 3.63) is 12.4 Å². The molecule has 0 radical (unpaired) electrons. The maximum absolute atomic E-state index is 10.7. The molecule has 2 saturated heterocycles. The van der Waals surface area contributed by atoms with E-state index in [1.807, 2.05) is 6.07 Å². The van der Waals surface area contributed by atoms with E-state index in [4.69, 9.17) is 5.11 Å². The predicted molar refractivity (Wildman–Crippen MR) is 80.4 cm³/mol. The zero-order valence-electron chi connectivity index (χ0n) is 12.1. The lowest BCUT2D eigenvalue weighted by atomic mass is 9.76. The predicted octanol–water partition coefficient (Wildman–Crippen LogP) is -0.568. The molecule has 2 atom stereocenters. The van der Waals surface area contributed by atoms with Gasteiger partial charge in [-0.15, -0.1) is 0 Å². The van der Waals surface area contributed by atoms with Crippen molar-refractivity contribution in [2.45, 2.75) is 18.4 Å². The summed E-state index contributed by atoms with van der Waals surface area (Å²) in [4.78, 5) is 10.7. The summed E-state index contributed by atoms with van der Waals surface area (Å²) in [7, 11) is 0. The van der Waals surface area contributed by atoms with Crippen LogP contribution in [-0.2, 0) is 0 Å². The van der Waals surface area contributed by atoms with Crippen molar-refractivity contribution in [3.8, 4) is 0 Å². The van der Waals surface area contributed by atoms with Crippen molar-refractivity contribution in [2.75, 3.05) is 49.5 Å². The van der Waals surface area contributed by atoms with Crippen LogP contribution in [0, 0.1) is 5.92 Å².